The van der Waals surface area contributed by atoms with Crippen molar-refractivity contribution in [3.63, 3.8) is 0 Å². The highest BCUT2D eigenvalue weighted by atomic mass is 32.3. The van der Waals surface area contributed by atoms with E-state index in [-0.39, 0.29) is 34.1 Å². The van der Waals surface area contributed by atoms with Crippen molar-refractivity contribution < 1.29 is 45.6 Å². The Morgan fingerprint density at radius 2 is 1.50 bits per heavy atom. The molecule has 0 spiro atoms. The van der Waals surface area contributed by atoms with Crippen molar-refractivity contribution in [3.05, 3.63) is 70.7 Å². The van der Waals surface area contributed by atoms with E-state index in [2.05, 4.69) is 4.18 Å². The van der Waals surface area contributed by atoms with Gasteiger partial charge in [-0.25, -0.2) is 4.79 Å². The van der Waals surface area contributed by atoms with Crippen molar-refractivity contribution >= 4 is 32.3 Å². The average Bonchev–Trinajstić information content (AvgIpc) is 3.35. The quantitative estimate of drug-likeness (QED) is 0.172. The largest absolute Gasteiger partial charge is 0.504 e. The van der Waals surface area contributed by atoms with E-state index >= 15 is 0 Å². The van der Waals surface area contributed by atoms with Crippen LogP contribution in [0.3, 0.4) is 0 Å². The Labute approximate surface area is 240 Å². The zero-order valence-corrected chi connectivity index (χ0v) is 23.9. The van der Waals surface area contributed by atoms with Crippen LogP contribution in [0.1, 0.15) is 5.56 Å². The third kappa shape index (κ3) is 5.39. The molecule has 13 heteroatoms. The first-order chi connectivity index (χ1) is 20.1. The third-order valence-electron chi connectivity index (χ3n) is 6.78. The Morgan fingerprint density at radius 3 is 2.14 bits per heavy atom. The van der Waals surface area contributed by atoms with E-state index in [4.69, 9.17) is 23.4 Å². The molecule has 12 nitrogen and oxygen atoms in total. The highest BCUT2D eigenvalue weighted by Gasteiger charge is 2.23. The maximum absolute atomic E-state index is 13.4. The molecule has 0 unspecified atom stereocenters. The summed E-state index contributed by atoms with van der Waals surface area (Å²) >= 11 is 0. The molecular formula is C29H27NO11S. The first kappa shape index (κ1) is 28.6. The number of aromatic hydroxyl groups is 1. The predicted molar refractivity (Wildman–Crippen MR) is 154 cm³/mol. The summed E-state index contributed by atoms with van der Waals surface area (Å²) < 4.78 is 65.3. The highest BCUT2D eigenvalue weighted by molar-refractivity contribution is 7.81. The van der Waals surface area contributed by atoms with Crippen LogP contribution in [-0.2, 0) is 23.4 Å². The molecule has 2 aromatic heterocycles. The molecule has 0 saturated heterocycles. The average molecular weight is 598 g/mol. The van der Waals surface area contributed by atoms with Gasteiger partial charge in [0.15, 0.2) is 34.5 Å². The zero-order valence-electron chi connectivity index (χ0n) is 23.0. The Bertz CT molecular complexity index is 1980. The van der Waals surface area contributed by atoms with Crippen LogP contribution in [0.15, 0.2) is 63.9 Å². The van der Waals surface area contributed by atoms with Crippen LogP contribution in [-0.4, -0.2) is 51.1 Å². The second kappa shape index (κ2) is 11.2. The molecule has 0 aliphatic carbocycles. The van der Waals surface area contributed by atoms with Crippen molar-refractivity contribution in [2.45, 2.75) is 13.0 Å². The summed E-state index contributed by atoms with van der Waals surface area (Å²) in [5.74, 6) is 0.933. The fourth-order valence-electron chi connectivity index (χ4n) is 4.89. The minimum Gasteiger partial charge on any atom is -0.504 e. The minimum absolute atomic E-state index is 0.0106. The number of aromatic nitrogens is 1. The van der Waals surface area contributed by atoms with E-state index in [0.717, 1.165) is 11.6 Å². The first-order valence-corrected chi connectivity index (χ1v) is 13.9. The summed E-state index contributed by atoms with van der Waals surface area (Å²) in [6.07, 6.45) is 2.29. The summed E-state index contributed by atoms with van der Waals surface area (Å²) in [6.45, 7) is 0.367. The lowest BCUT2D eigenvalue weighted by atomic mass is 10.0. The van der Waals surface area contributed by atoms with Crippen LogP contribution in [0, 0.1) is 0 Å². The summed E-state index contributed by atoms with van der Waals surface area (Å²) in [7, 11) is 0.944. The number of fused-ring (bicyclic) bond motifs is 3. The molecule has 0 aliphatic heterocycles. The van der Waals surface area contributed by atoms with Gasteiger partial charge in [-0.15, -0.1) is 0 Å². The van der Waals surface area contributed by atoms with Crippen molar-refractivity contribution in [1.29, 1.82) is 0 Å². The molecule has 0 bridgehead atoms. The molecule has 0 aliphatic rings. The van der Waals surface area contributed by atoms with Gasteiger partial charge in [0.1, 0.15) is 11.1 Å². The maximum Gasteiger partial charge on any atom is 0.446 e. The van der Waals surface area contributed by atoms with Crippen LogP contribution >= 0.6 is 0 Å². The Kier molecular flexibility index (Phi) is 7.63. The molecule has 5 rings (SSSR count). The van der Waals surface area contributed by atoms with E-state index < -0.39 is 16.0 Å². The van der Waals surface area contributed by atoms with Gasteiger partial charge in [-0.3, -0.25) is 4.55 Å². The number of hydrogen-bond acceptors (Lipinski definition) is 10. The van der Waals surface area contributed by atoms with Gasteiger partial charge in [-0.1, -0.05) is 12.1 Å². The lowest BCUT2D eigenvalue weighted by Gasteiger charge is -2.11. The van der Waals surface area contributed by atoms with Crippen LogP contribution in [0.5, 0.6) is 34.5 Å². The fraction of sp³-hybridized carbons (Fsp3) is 0.207. The normalized spacial score (nSPS) is 11.5. The lowest BCUT2D eigenvalue weighted by molar-refractivity contribution is 0.354. The second-order valence-electron chi connectivity index (χ2n) is 9.19. The first-order valence-electron chi connectivity index (χ1n) is 12.5. The van der Waals surface area contributed by atoms with Gasteiger partial charge >= 0.3 is 16.0 Å². The molecule has 0 radical (unpaired) electrons. The number of rotatable bonds is 10. The molecular weight excluding hydrogens is 570 g/mol. The van der Waals surface area contributed by atoms with E-state index in [0.29, 0.717) is 46.4 Å². The molecule has 0 amide bonds. The molecule has 0 fully saturated rings. The number of phenolic OH excluding ortho intramolecular Hbond substituents is 1. The number of ether oxygens (including phenoxy) is 4. The molecule has 42 heavy (non-hydrogen) atoms. The van der Waals surface area contributed by atoms with Crippen molar-refractivity contribution in [1.82, 2.24) is 4.57 Å². The Balaban J connectivity index is 1.73. The number of hydrogen-bond donors (Lipinski definition) is 2. The molecule has 0 saturated carbocycles. The molecule has 5 aromatic rings. The van der Waals surface area contributed by atoms with E-state index in [1.807, 2.05) is 12.1 Å². The number of methoxy groups -OCH3 is 4. The molecule has 220 valence electrons. The van der Waals surface area contributed by atoms with Gasteiger partial charge in [-0.05, 0) is 47.9 Å². The minimum atomic E-state index is -4.89. The van der Waals surface area contributed by atoms with Crippen molar-refractivity contribution in [2.75, 3.05) is 28.4 Å². The fourth-order valence-corrected chi connectivity index (χ4v) is 5.25. The van der Waals surface area contributed by atoms with Crippen molar-refractivity contribution in [2.24, 2.45) is 0 Å². The topological polar surface area (TPSA) is 156 Å². The van der Waals surface area contributed by atoms with Crippen LogP contribution in [0.25, 0.3) is 33.0 Å². The number of nitrogens with zero attached hydrogens (tertiary/aromatic N) is 1. The van der Waals surface area contributed by atoms with Gasteiger partial charge in [0, 0.05) is 35.1 Å². The van der Waals surface area contributed by atoms with Crippen LogP contribution in [0.4, 0.5) is 0 Å². The third-order valence-corrected chi connectivity index (χ3v) is 7.17. The summed E-state index contributed by atoms with van der Waals surface area (Å²) in [6, 6.07) is 13.0. The summed E-state index contributed by atoms with van der Waals surface area (Å²) in [5.41, 5.74) is 1.61. The van der Waals surface area contributed by atoms with Crippen LogP contribution < -0.4 is 28.8 Å². The van der Waals surface area contributed by atoms with Crippen molar-refractivity contribution in [3.8, 4) is 45.6 Å². The van der Waals surface area contributed by atoms with E-state index in [9.17, 15) is 22.9 Å². The number of aryl methyl sites for hydroxylation is 2. The summed E-state index contributed by atoms with van der Waals surface area (Å²) in [4.78, 5) is 13.4. The van der Waals surface area contributed by atoms with E-state index in [1.54, 1.807) is 43.2 Å². The van der Waals surface area contributed by atoms with Gasteiger partial charge in [0.05, 0.1) is 28.4 Å². The smallest absolute Gasteiger partial charge is 0.446 e. The Hall–Kier alpha value is -4.88. The predicted octanol–water partition coefficient (Wildman–Crippen LogP) is 4.58. The van der Waals surface area contributed by atoms with Gasteiger partial charge in [-0.2, -0.15) is 8.42 Å². The maximum atomic E-state index is 13.4. The second-order valence-corrected chi connectivity index (χ2v) is 10.2. The molecule has 2 heterocycles. The molecule has 0 atom stereocenters. The Morgan fingerprint density at radius 1 is 0.833 bits per heavy atom. The number of benzene rings is 3. The molecule has 2 N–H and O–H groups in total. The standard InChI is InChI=1S/C29H27NO11S/c1-36-21-8-6-17(12-20(21)31)19-15-30(10-9-16-5-7-22(37-2)24(11-16)38-3)28-27(19)18-13-25(39-4)26(41-42(33,34)35)14-23(18)40-29(28)32/h5-8,11-15,31H,9-10H2,1-4H3,(H,33,34,35). The van der Waals surface area contributed by atoms with Gasteiger partial charge in [0.25, 0.3) is 0 Å². The number of phenols is 1. The van der Waals surface area contributed by atoms with Crippen LogP contribution in [0.2, 0.25) is 0 Å². The van der Waals surface area contributed by atoms with Gasteiger partial charge < -0.3 is 37.2 Å². The lowest BCUT2D eigenvalue weighted by Crippen LogP contribution is -2.10. The summed E-state index contributed by atoms with van der Waals surface area (Å²) in [5, 5.41) is 11.4. The molecule has 3 aromatic carbocycles. The zero-order chi connectivity index (χ0) is 30.2. The van der Waals surface area contributed by atoms with Gasteiger partial charge in [0.2, 0.25) is 0 Å². The van der Waals surface area contributed by atoms with E-state index in [1.165, 1.54) is 26.4 Å². The monoisotopic (exact) mass is 597 g/mol. The highest BCUT2D eigenvalue weighted by Crippen LogP contribution is 2.41. The SMILES string of the molecule is COc1ccc(-c2cn(CCc3ccc(OC)c(OC)c3)c3c(=O)oc4cc(OS(=O)(=O)O)c(OC)cc4c23)cc1O.